The molecule has 0 aromatic heterocycles. The maximum absolute atomic E-state index is 12.9. The monoisotopic (exact) mass is 352 g/mol. The van der Waals surface area contributed by atoms with Crippen LogP contribution >= 0.6 is 0 Å². The van der Waals surface area contributed by atoms with Crippen LogP contribution in [-0.4, -0.2) is 5.91 Å². The van der Waals surface area contributed by atoms with Gasteiger partial charge < -0.3 is 10.6 Å². The van der Waals surface area contributed by atoms with Gasteiger partial charge in [0.2, 0.25) is 0 Å². The summed E-state index contributed by atoms with van der Waals surface area (Å²) in [5.41, 5.74) is 4.45. The van der Waals surface area contributed by atoms with Crippen LogP contribution in [0.1, 0.15) is 15.9 Å². The third-order valence-electron chi connectivity index (χ3n) is 4.54. The highest BCUT2D eigenvalue weighted by Gasteiger charge is 2.12. The molecule has 3 heteroatoms. The number of fused-ring (bicyclic) bond motifs is 1. The largest absolute Gasteiger partial charge is 0.354 e. The number of hydrogen-bond donors (Lipinski definition) is 2. The zero-order chi connectivity index (χ0) is 18.6. The minimum Gasteiger partial charge on any atom is -0.354 e. The molecule has 132 valence electrons. The fourth-order valence-corrected chi connectivity index (χ4v) is 3.11. The van der Waals surface area contributed by atoms with Crippen molar-refractivity contribution in [1.82, 2.24) is 0 Å². The summed E-state index contributed by atoms with van der Waals surface area (Å²) < 4.78 is 0. The fraction of sp³-hybridized carbons (Fsp3) is 0.0417. The summed E-state index contributed by atoms with van der Waals surface area (Å²) in [5, 5.41) is 8.43. The highest BCUT2D eigenvalue weighted by atomic mass is 16.1. The fourth-order valence-electron chi connectivity index (χ4n) is 3.11. The van der Waals surface area contributed by atoms with Crippen LogP contribution in [0.2, 0.25) is 0 Å². The summed E-state index contributed by atoms with van der Waals surface area (Å²) in [6.45, 7) is 2.06. The van der Waals surface area contributed by atoms with Gasteiger partial charge in [0.05, 0.1) is 11.4 Å². The van der Waals surface area contributed by atoms with Crippen LogP contribution in [0.3, 0.4) is 0 Å². The van der Waals surface area contributed by atoms with E-state index in [2.05, 4.69) is 29.7 Å². The van der Waals surface area contributed by atoms with Gasteiger partial charge in [-0.2, -0.15) is 0 Å². The van der Waals surface area contributed by atoms with Gasteiger partial charge in [-0.3, -0.25) is 4.79 Å². The van der Waals surface area contributed by atoms with Crippen molar-refractivity contribution in [3.05, 3.63) is 102 Å². The first-order valence-corrected chi connectivity index (χ1v) is 8.92. The molecule has 27 heavy (non-hydrogen) atoms. The minimum absolute atomic E-state index is 0.120. The average molecular weight is 352 g/mol. The number of carbonyl (C=O) groups excluding carboxylic acids is 1. The van der Waals surface area contributed by atoms with E-state index in [9.17, 15) is 4.79 Å². The molecule has 4 rings (SSSR count). The molecule has 4 aromatic rings. The van der Waals surface area contributed by atoms with Crippen LogP contribution in [0.5, 0.6) is 0 Å². The summed E-state index contributed by atoms with van der Waals surface area (Å²) in [5.74, 6) is -0.120. The van der Waals surface area contributed by atoms with Crippen LogP contribution < -0.4 is 10.6 Å². The lowest BCUT2D eigenvalue weighted by atomic mass is 10.0. The zero-order valence-corrected chi connectivity index (χ0v) is 15.1. The number of nitrogens with one attached hydrogen (secondary N) is 2. The molecule has 0 heterocycles. The van der Waals surface area contributed by atoms with Gasteiger partial charge in [0.15, 0.2) is 0 Å². The van der Waals surface area contributed by atoms with E-state index in [1.807, 2.05) is 78.9 Å². The molecule has 0 aliphatic carbocycles. The number of rotatable bonds is 4. The van der Waals surface area contributed by atoms with Crippen LogP contribution in [0.15, 0.2) is 91.0 Å². The van der Waals surface area contributed by atoms with E-state index in [0.717, 1.165) is 27.8 Å². The number of benzene rings is 4. The molecule has 4 aromatic carbocycles. The second-order valence-corrected chi connectivity index (χ2v) is 6.52. The smallest absolute Gasteiger partial charge is 0.256 e. The summed E-state index contributed by atoms with van der Waals surface area (Å²) >= 11 is 0. The maximum Gasteiger partial charge on any atom is 0.256 e. The number of para-hydroxylation sites is 2. The lowest BCUT2D eigenvalue weighted by Crippen LogP contribution is -2.13. The number of amides is 1. The van der Waals surface area contributed by atoms with E-state index < -0.39 is 0 Å². The normalized spacial score (nSPS) is 10.6. The van der Waals surface area contributed by atoms with Gasteiger partial charge in [0.25, 0.3) is 5.91 Å². The highest BCUT2D eigenvalue weighted by molar-refractivity contribution is 6.13. The summed E-state index contributed by atoms with van der Waals surface area (Å²) in [7, 11) is 0. The standard InChI is InChI=1S/C24H20N2O/c1-17-13-15-19(16-14-17)25-22-11-4-5-12-23(22)26-24(27)21-10-6-8-18-7-2-3-9-20(18)21/h2-16,25H,1H3,(H,26,27). The second-order valence-electron chi connectivity index (χ2n) is 6.52. The van der Waals surface area contributed by atoms with E-state index in [4.69, 9.17) is 0 Å². The third kappa shape index (κ3) is 3.67. The van der Waals surface area contributed by atoms with E-state index in [1.165, 1.54) is 5.56 Å². The van der Waals surface area contributed by atoms with Gasteiger partial charge in [-0.05, 0) is 48.0 Å². The Morgan fingerprint density at radius 2 is 1.37 bits per heavy atom. The summed E-state index contributed by atoms with van der Waals surface area (Å²) in [6, 6.07) is 29.6. The molecule has 0 atom stereocenters. The second kappa shape index (κ2) is 7.34. The Labute approximate surface area is 158 Å². The van der Waals surface area contributed by atoms with Crippen molar-refractivity contribution in [2.75, 3.05) is 10.6 Å². The van der Waals surface area contributed by atoms with Crippen LogP contribution in [0.4, 0.5) is 17.1 Å². The Hall–Kier alpha value is -3.59. The number of hydrogen-bond acceptors (Lipinski definition) is 2. The summed E-state index contributed by atoms with van der Waals surface area (Å²) in [4.78, 5) is 12.9. The van der Waals surface area contributed by atoms with Crippen molar-refractivity contribution in [3.63, 3.8) is 0 Å². The Morgan fingerprint density at radius 1 is 0.704 bits per heavy atom. The van der Waals surface area contributed by atoms with Gasteiger partial charge in [0, 0.05) is 11.3 Å². The van der Waals surface area contributed by atoms with Crippen molar-refractivity contribution in [3.8, 4) is 0 Å². The first-order valence-electron chi connectivity index (χ1n) is 8.92. The van der Waals surface area contributed by atoms with Gasteiger partial charge in [-0.1, -0.05) is 66.2 Å². The molecule has 0 spiro atoms. The molecule has 1 amide bonds. The van der Waals surface area contributed by atoms with Crippen molar-refractivity contribution < 1.29 is 4.79 Å². The number of aryl methyl sites for hydroxylation is 1. The van der Waals surface area contributed by atoms with E-state index in [0.29, 0.717) is 5.56 Å². The Kier molecular flexibility index (Phi) is 4.58. The number of carbonyl (C=O) groups is 1. The van der Waals surface area contributed by atoms with E-state index in [-0.39, 0.29) is 5.91 Å². The molecule has 0 bridgehead atoms. The predicted molar refractivity (Wildman–Crippen MR) is 113 cm³/mol. The third-order valence-corrected chi connectivity index (χ3v) is 4.54. The highest BCUT2D eigenvalue weighted by Crippen LogP contribution is 2.27. The maximum atomic E-state index is 12.9. The topological polar surface area (TPSA) is 41.1 Å². The minimum atomic E-state index is -0.120. The molecule has 0 unspecified atom stereocenters. The molecule has 0 saturated carbocycles. The van der Waals surface area contributed by atoms with E-state index in [1.54, 1.807) is 0 Å². The predicted octanol–water partition coefficient (Wildman–Crippen LogP) is 6.14. The van der Waals surface area contributed by atoms with Crippen LogP contribution in [0, 0.1) is 6.92 Å². The van der Waals surface area contributed by atoms with Crippen molar-refractivity contribution in [2.45, 2.75) is 6.92 Å². The molecule has 3 nitrogen and oxygen atoms in total. The van der Waals surface area contributed by atoms with Gasteiger partial charge in [-0.25, -0.2) is 0 Å². The number of anilines is 3. The Morgan fingerprint density at radius 3 is 2.19 bits per heavy atom. The quantitative estimate of drug-likeness (QED) is 0.463. The first-order chi connectivity index (χ1) is 13.2. The molecule has 0 radical (unpaired) electrons. The molecule has 0 fully saturated rings. The van der Waals surface area contributed by atoms with Crippen LogP contribution in [0.25, 0.3) is 10.8 Å². The summed E-state index contributed by atoms with van der Waals surface area (Å²) in [6.07, 6.45) is 0. The van der Waals surface area contributed by atoms with Crippen molar-refractivity contribution in [1.29, 1.82) is 0 Å². The molecular weight excluding hydrogens is 332 g/mol. The molecule has 2 N–H and O–H groups in total. The SMILES string of the molecule is Cc1ccc(Nc2ccccc2NC(=O)c2cccc3ccccc23)cc1. The lowest BCUT2D eigenvalue weighted by Gasteiger charge is -2.14. The van der Waals surface area contributed by atoms with E-state index >= 15 is 0 Å². The molecule has 0 saturated heterocycles. The lowest BCUT2D eigenvalue weighted by molar-refractivity contribution is 0.102. The molecular formula is C24H20N2O. The first kappa shape index (κ1) is 16.9. The van der Waals surface area contributed by atoms with Crippen molar-refractivity contribution in [2.24, 2.45) is 0 Å². The molecule has 0 aliphatic rings. The van der Waals surface area contributed by atoms with Crippen molar-refractivity contribution >= 4 is 33.7 Å². The molecule has 0 aliphatic heterocycles. The zero-order valence-electron chi connectivity index (χ0n) is 15.1. The average Bonchev–Trinajstić information content (AvgIpc) is 2.70. The Balaban J connectivity index is 1.62. The van der Waals surface area contributed by atoms with Gasteiger partial charge in [-0.15, -0.1) is 0 Å². The van der Waals surface area contributed by atoms with Crippen LogP contribution in [-0.2, 0) is 0 Å². The van der Waals surface area contributed by atoms with Gasteiger partial charge >= 0.3 is 0 Å². The van der Waals surface area contributed by atoms with Gasteiger partial charge in [0.1, 0.15) is 0 Å². The Bertz CT molecular complexity index is 1100.